The van der Waals surface area contributed by atoms with Crippen molar-refractivity contribution in [2.24, 2.45) is 0 Å². The molecule has 0 bridgehead atoms. The van der Waals surface area contributed by atoms with Crippen molar-refractivity contribution in [2.45, 2.75) is 62.8 Å². The molecule has 6 nitrogen and oxygen atoms in total. The third-order valence-corrected chi connectivity index (χ3v) is 5.71. The van der Waals surface area contributed by atoms with Crippen molar-refractivity contribution in [3.05, 3.63) is 0 Å². The molecule has 3 saturated heterocycles. The number of piperidine rings is 2. The van der Waals surface area contributed by atoms with Crippen LogP contribution in [0, 0.1) is 0 Å². The van der Waals surface area contributed by atoms with Gasteiger partial charge in [-0.3, -0.25) is 4.79 Å². The normalized spacial score (nSPS) is 27.6. The van der Waals surface area contributed by atoms with Crippen LogP contribution in [0.4, 0.5) is 0 Å². The number of methoxy groups -OCH3 is 1. The molecule has 0 aliphatic carbocycles. The summed E-state index contributed by atoms with van der Waals surface area (Å²) in [6, 6.07) is 0. The molecular formula is C18H33ClN2O4. The zero-order valence-corrected chi connectivity index (χ0v) is 16.2. The highest BCUT2D eigenvalue weighted by molar-refractivity contribution is 5.86. The van der Waals surface area contributed by atoms with Gasteiger partial charge < -0.3 is 24.4 Å². The van der Waals surface area contributed by atoms with E-state index in [2.05, 4.69) is 5.32 Å². The van der Waals surface area contributed by atoms with Crippen LogP contribution in [0.25, 0.3) is 0 Å². The highest BCUT2D eigenvalue weighted by Crippen LogP contribution is 2.27. The van der Waals surface area contributed by atoms with Crippen molar-refractivity contribution < 1.29 is 19.0 Å². The molecule has 0 aromatic heterocycles. The molecule has 146 valence electrons. The quantitative estimate of drug-likeness (QED) is 0.792. The summed E-state index contributed by atoms with van der Waals surface area (Å²) in [6.07, 6.45) is 7.41. The van der Waals surface area contributed by atoms with Gasteiger partial charge in [0.05, 0.1) is 18.8 Å². The SMILES string of the molecule is COC1(C(=O)N2CCC(OCC3CCCCO3)CC2)CCNCC1.Cl. The molecule has 0 spiro atoms. The van der Waals surface area contributed by atoms with Gasteiger partial charge >= 0.3 is 0 Å². The maximum Gasteiger partial charge on any atom is 0.254 e. The Kier molecular flexibility index (Phi) is 8.42. The van der Waals surface area contributed by atoms with Gasteiger partial charge in [0.15, 0.2) is 0 Å². The first-order valence-electron chi connectivity index (χ1n) is 9.52. The van der Waals surface area contributed by atoms with E-state index in [1.165, 1.54) is 12.8 Å². The lowest BCUT2D eigenvalue weighted by Gasteiger charge is -2.41. The fourth-order valence-electron chi connectivity index (χ4n) is 4.03. The van der Waals surface area contributed by atoms with Gasteiger partial charge in [0.2, 0.25) is 0 Å². The number of halogens is 1. The number of carbonyl (C=O) groups is 1. The number of amides is 1. The predicted molar refractivity (Wildman–Crippen MR) is 98.2 cm³/mol. The molecule has 3 heterocycles. The fraction of sp³-hybridized carbons (Fsp3) is 0.944. The lowest BCUT2D eigenvalue weighted by Crippen LogP contribution is -2.57. The summed E-state index contributed by atoms with van der Waals surface area (Å²) < 4.78 is 17.4. The van der Waals surface area contributed by atoms with Crippen LogP contribution in [0.3, 0.4) is 0 Å². The Labute approximate surface area is 157 Å². The van der Waals surface area contributed by atoms with Gasteiger partial charge in [-0.15, -0.1) is 12.4 Å². The first-order valence-corrected chi connectivity index (χ1v) is 9.52. The second kappa shape index (κ2) is 10.1. The highest BCUT2D eigenvalue weighted by Gasteiger charge is 2.43. The Hall–Kier alpha value is -0.400. The standard InChI is InChI=1S/C18H32N2O4.ClH/c1-22-18(7-9-19-10-8-18)17(21)20-11-5-15(6-12-20)24-14-16-4-2-3-13-23-16;/h15-16,19H,2-14H2,1H3;1H. The molecule has 25 heavy (non-hydrogen) atoms. The number of hydrogen-bond acceptors (Lipinski definition) is 5. The number of nitrogens with zero attached hydrogens (tertiary/aromatic N) is 1. The molecule has 1 amide bonds. The maximum absolute atomic E-state index is 12.9. The van der Waals surface area contributed by atoms with Crippen LogP contribution < -0.4 is 5.32 Å². The molecule has 1 atom stereocenters. The summed E-state index contributed by atoms with van der Waals surface area (Å²) >= 11 is 0. The van der Waals surface area contributed by atoms with Gasteiger partial charge in [-0.1, -0.05) is 0 Å². The van der Waals surface area contributed by atoms with E-state index >= 15 is 0 Å². The molecule has 1 N–H and O–H groups in total. The second-order valence-electron chi connectivity index (χ2n) is 7.26. The number of ether oxygens (including phenoxy) is 3. The molecular weight excluding hydrogens is 344 g/mol. The van der Waals surface area contributed by atoms with E-state index < -0.39 is 5.60 Å². The second-order valence-corrected chi connectivity index (χ2v) is 7.26. The van der Waals surface area contributed by atoms with Crippen molar-refractivity contribution >= 4 is 18.3 Å². The average molecular weight is 377 g/mol. The Balaban J connectivity index is 0.00000225. The topological polar surface area (TPSA) is 60.0 Å². The van der Waals surface area contributed by atoms with Crippen LogP contribution in [0.5, 0.6) is 0 Å². The van der Waals surface area contributed by atoms with E-state index in [0.29, 0.717) is 6.61 Å². The van der Waals surface area contributed by atoms with Gasteiger partial charge in [0.1, 0.15) is 5.60 Å². The zero-order valence-electron chi connectivity index (χ0n) is 15.3. The van der Waals surface area contributed by atoms with E-state index in [1.807, 2.05) is 4.90 Å². The summed E-state index contributed by atoms with van der Waals surface area (Å²) in [4.78, 5) is 14.9. The minimum Gasteiger partial charge on any atom is -0.376 e. The molecule has 1 unspecified atom stereocenters. The van der Waals surface area contributed by atoms with Gasteiger partial charge in [0, 0.05) is 26.8 Å². The van der Waals surface area contributed by atoms with Crippen LogP contribution in [0.15, 0.2) is 0 Å². The third-order valence-electron chi connectivity index (χ3n) is 5.71. The monoisotopic (exact) mass is 376 g/mol. The van der Waals surface area contributed by atoms with Gasteiger partial charge in [-0.2, -0.15) is 0 Å². The number of rotatable bonds is 5. The predicted octanol–water partition coefficient (Wildman–Crippen LogP) is 1.75. The summed E-state index contributed by atoms with van der Waals surface area (Å²) in [5.41, 5.74) is -0.616. The van der Waals surface area contributed by atoms with Crippen LogP contribution in [-0.2, 0) is 19.0 Å². The Morgan fingerprint density at radius 3 is 2.52 bits per heavy atom. The Morgan fingerprint density at radius 2 is 1.92 bits per heavy atom. The first-order chi connectivity index (χ1) is 11.7. The van der Waals surface area contributed by atoms with Crippen molar-refractivity contribution in [3.8, 4) is 0 Å². The summed E-state index contributed by atoms with van der Waals surface area (Å²) in [5.74, 6) is 0.167. The van der Waals surface area contributed by atoms with Gasteiger partial charge in [-0.25, -0.2) is 0 Å². The lowest BCUT2D eigenvalue weighted by atomic mass is 9.89. The molecule has 3 aliphatic rings. The van der Waals surface area contributed by atoms with Crippen molar-refractivity contribution in [1.82, 2.24) is 10.2 Å². The van der Waals surface area contributed by atoms with E-state index in [9.17, 15) is 4.79 Å². The van der Waals surface area contributed by atoms with Gasteiger partial charge in [-0.05, 0) is 58.0 Å². The lowest BCUT2D eigenvalue weighted by molar-refractivity contribution is -0.161. The number of nitrogens with one attached hydrogen (secondary N) is 1. The highest BCUT2D eigenvalue weighted by atomic mass is 35.5. The van der Waals surface area contributed by atoms with Gasteiger partial charge in [0.25, 0.3) is 5.91 Å². The van der Waals surface area contributed by atoms with E-state index in [0.717, 1.165) is 64.9 Å². The van der Waals surface area contributed by atoms with E-state index in [4.69, 9.17) is 14.2 Å². The van der Waals surface area contributed by atoms with Crippen LogP contribution in [-0.4, -0.2) is 75.1 Å². The molecule has 0 aromatic rings. The zero-order chi connectivity index (χ0) is 16.8. The van der Waals surface area contributed by atoms with E-state index in [1.54, 1.807) is 7.11 Å². The molecule has 0 aromatic carbocycles. The molecule has 0 radical (unpaired) electrons. The fourth-order valence-corrected chi connectivity index (χ4v) is 4.03. The molecule has 3 fully saturated rings. The van der Waals surface area contributed by atoms with Crippen molar-refractivity contribution in [2.75, 3.05) is 46.5 Å². The number of hydrogen-bond donors (Lipinski definition) is 1. The number of carbonyl (C=O) groups excluding carboxylic acids is 1. The maximum atomic E-state index is 12.9. The van der Waals surface area contributed by atoms with Crippen LogP contribution in [0.2, 0.25) is 0 Å². The van der Waals surface area contributed by atoms with E-state index in [-0.39, 0.29) is 30.5 Å². The smallest absolute Gasteiger partial charge is 0.254 e. The minimum absolute atomic E-state index is 0. The average Bonchev–Trinajstić information content (AvgIpc) is 2.67. The third kappa shape index (κ3) is 5.30. The van der Waals surface area contributed by atoms with Crippen molar-refractivity contribution in [3.63, 3.8) is 0 Å². The first kappa shape index (κ1) is 20.9. The summed E-state index contributed by atoms with van der Waals surface area (Å²) in [7, 11) is 1.67. The Bertz CT molecular complexity index is 404. The number of likely N-dealkylation sites (tertiary alicyclic amines) is 1. The van der Waals surface area contributed by atoms with Crippen molar-refractivity contribution in [1.29, 1.82) is 0 Å². The van der Waals surface area contributed by atoms with Crippen LogP contribution in [0.1, 0.15) is 44.9 Å². The molecule has 7 heteroatoms. The largest absolute Gasteiger partial charge is 0.376 e. The molecule has 3 rings (SSSR count). The molecule has 0 saturated carbocycles. The summed E-state index contributed by atoms with van der Waals surface area (Å²) in [6.45, 7) is 4.81. The minimum atomic E-state index is -0.616. The molecule has 3 aliphatic heterocycles. The van der Waals surface area contributed by atoms with Crippen LogP contribution >= 0.6 is 12.4 Å². The Morgan fingerprint density at radius 1 is 1.20 bits per heavy atom. The summed E-state index contributed by atoms with van der Waals surface area (Å²) in [5, 5.41) is 3.30.